The highest BCUT2D eigenvalue weighted by Crippen LogP contribution is 2.30. The lowest BCUT2D eigenvalue weighted by Gasteiger charge is -2.09. The van der Waals surface area contributed by atoms with Crippen molar-refractivity contribution in [1.82, 2.24) is 9.97 Å². The summed E-state index contributed by atoms with van der Waals surface area (Å²) in [5.74, 6) is -0.742. The second-order valence-corrected chi connectivity index (χ2v) is 4.36. The Labute approximate surface area is 121 Å². The van der Waals surface area contributed by atoms with E-state index in [-0.39, 0.29) is 11.8 Å². The zero-order valence-electron chi connectivity index (χ0n) is 10.6. The van der Waals surface area contributed by atoms with Crippen LogP contribution in [0.15, 0.2) is 23.1 Å². The molecule has 0 unspecified atom stereocenters. The monoisotopic (exact) mass is 320 g/mol. The first-order valence-corrected chi connectivity index (χ1v) is 5.95. The zero-order chi connectivity index (χ0) is 15.6. The number of hydrogen-bond acceptors (Lipinski definition) is 5. The first-order chi connectivity index (χ1) is 9.79. The van der Waals surface area contributed by atoms with Gasteiger partial charge >= 0.3 is 12.1 Å². The maximum absolute atomic E-state index is 12.6. The van der Waals surface area contributed by atoms with E-state index in [1.165, 1.54) is 0 Å². The van der Waals surface area contributed by atoms with Crippen LogP contribution in [-0.4, -0.2) is 15.9 Å². The molecule has 0 aliphatic heterocycles. The third-order valence-electron chi connectivity index (χ3n) is 2.57. The Balaban J connectivity index is 2.17. The van der Waals surface area contributed by atoms with Crippen LogP contribution in [0, 0.1) is 6.92 Å². The Bertz CT molecular complexity index is 670. The molecule has 0 aliphatic rings. The van der Waals surface area contributed by atoms with E-state index in [9.17, 15) is 18.0 Å². The van der Waals surface area contributed by atoms with Gasteiger partial charge in [0.15, 0.2) is 18.8 Å². The van der Waals surface area contributed by atoms with Gasteiger partial charge in [-0.25, -0.2) is 14.8 Å². The van der Waals surface area contributed by atoms with Gasteiger partial charge in [-0.1, -0.05) is 11.6 Å². The van der Waals surface area contributed by atoms with Crippen molar-refractivity contribution in [2.45, 2.75) is 19.7 Å². The molecule has 2 aromatic heterocycles. The van der Waals surface area contributed by atoms with Crippen molar-refractivity contribution in [1.29, 1.82) is 0 Å². The Morgan fingerprint density at radius 2 is 2.14 bits per heavy atom. The number of aryl methyl sites for hydroxylation is 1. The predicted octanol–water partition coefficient (Wildman–Crippen LogP) is 3.41. The molecular formula is C12H8ClF3N2O3. The number of rotatable bonds is 3. The van der Waals surface area contributed by atoms with Gasteiger partial charge in [-0.05, 0) is 13.0 Å². The van der Waals surface area contributed by atoms with Crippen LogP contribution in [0.4, 0.5) is 13.2 Å². The lowest BCUT2D eigenvalue weighted by atomic mass is 10.2. The Morgan fingerprint density at radius 1 is 1.43 bits per heavy atom. The Morgan fingerprint density at radius 3 is 2.71 bits per heavy atom. The van der Waals surface area contributed by atoms with Crippen molar-refractivity contribution in [3.05, 3.63) is 46.4 Å². The fourth-order valence-electron chi connectivity index (χ4n) is 1.42. The highest BCUT2D eigenvalue weighted by molar-refractivity contribution is 6.32. The predicted molar refractivity (Wildman–Crippen MR) is 64.6 cm³/mol. The summed E-state index contributed by atoms with van der Waals surface area (Å²) in [6.07, 6.45) is -2.93. The van der Waals surface area contributed by atoms with Crippen molar-refractivity contribution in [2.75, 3.05) is 0 Å². The van der Waals surface area contributed by atoms with Gasteiger partial charge in [-0.2, -0.15) is 13.2 Å². The number of hydrogen-bond donors (Lipinski definition) is 0. The standard InChI is InChI=1S/C12H8ClF3N2O3/c1-6-9(21-5-18-6)4-20-11(19)8-2-7(12(14,15)16)3-17-10(8)13/h2-3,5H,4H2,1H3. The molecule has 5 nitrogen and oxygen atoms in total. The van der Waals surface area contributed by atoms with E-state index in [1.807, 2.05) is 0 Å². The van der Waals surface area contributed by atoms with Crippen LogP contribution in [0.3, 0.4) is 0 Å². The van der Waals surface area contributed by atoms with Crippen molar-refractivity contribution < 1.29 is 27.1 Å². The lowest BCUT2D eigenvalue weighted by Crippen LogP contribution is -2.11. The van der Waals surface area contributed by atoms with E-state index < -0.39 is 23.3 Å². The van der Waals surface area contributed by atoms with Crippen molar-refractivity contribution in [2.24, 2.45) is 0 Å². The number of alkyl halides is 3. The summed E-state index contributed by atoms with van der Waals surface area (Å²) in [4.78, 5) is 18.9. The number of aromatic nitrogens is 2. The van der Waals surface area contributed by atoms with E-state index >= 15 is 0 Å². The molecule has 0 bridgehead atoms. The van der Waals surface area contributed by atoms with Gasteiger partial charge in [-0.15, -0.1) is 0 Å². The van der Waals surface area contributed by atoms with Crippen LogP contribution in [0.1, 0.15) is 27.4 Å². The number of carbonyl (C=O) groups is 1. The maximum Gasteiger partial charge on any atom is 0.417 e. The molecule has 0 saturated carbocycles. The minimum Gasteiger partial charge on any atom is -0.454 e. The summed E-state index contributed by atoms with van der Waals surface area (Å²) in [7, 11) is 0. The number of nitrogens with zero attached hydrogens (tertiary/aromatic N) is 2. The van der Waals surface area contributed by atoms with Gasteiger partial charge in [0.2, 0.25) is 0 Å². The SMILES string of the molecule is Cc1ncoc1COC(=O)c1cc(C(F)(F)F)cnc1Cl. The first kappa shape index (κ1) is 15.3. The molecule has 0 N–H and O–H groups in total. The number of pyridine rings is 1. The van der Waals surface area contributed by atoms with E-state index in [0.717, 1.165) is 6.39 Å². The average molecular weight is 321 g/mol. The minimum atomic E-state index is -4.63. The van der Waals surface area contributed by atoms with Gasteiger partial charge in [0, 0.05) is 6.20 Å². The van der Waals surface area contributed by atoms with E-state index in [0.29, 0.717) is 23.7 Å². The molecule has 0 saturated heterocycles. The number of ether oxygens (including phenoxy) is 1. The highest BCUT2D eigenvalue weighted by Gasteiger charge is 2.32. The highest BCUT2D eigenvalue weighted by atomic mass is 35.5. The smallest absolute Gasteiger partial charge is 0.417 e. The van der Waals surface area contributed by atoms with Gasteiger partial charge in [0.1, 0.15) is 5.15 Å². The second-order valence-electron chi connectivity index (χ2n) is 4.00. The fraction of sp³-hybridized carbons (Fsp3) is 0.250. The van der Waals surface area contributed by atoms with Gasteiger partial charge in [-0.3, -0.25) is 0 Å². The van der Waals surface area contributed by atoms with Crippen LogP contribution < -0.4 is 0 Å². The average Bonchev–Trinajstić information content (AvgIpc) is 2.80. The molecule has 0 fully saturated rings. The molecule has 0 aromatic carbocycles. The molecule has 0 radical (unpaired) electrons. The van der Waals surface area contributed by atoms with E-state index in [4.69, 9.17) is 20.8 Å². The lowest BCUT2D eigenvalue weighted by molar-refractivity contribution is -0.137. The van der Waals surface area contributed by atoms with Crippen LogP contribution in [0.5, 0.6) is 0 Å². The van der Waals surface area contributed by atoms with Crippen molar-refractivity contribution >= 4 is 17.6 Å². The third kappa shape index (κ3) is 3.52. The number of oxazole rings is 1. The summed E-state index contributed by atoms with van der Waals surface area (Å²) >= 11 is 5.62. The van der Waals surface area contributed by atoms with Gasteiger partial charge < -0.3 is 9.15 Å². The van der Waals surface area contributed by atoms with Crippen molar-refractivity contribution in [3.63, 3.8) is 0 Å². The molecule has 0 spiro atoms. The largest absolute Gasteiger partial charge is 0.454 e. The van der Waals surface area contributed by atoms with Crippen molar-refractivity contribution in [3.8, 4) is 0 Å². The molecule has 0 aliphatic carbocycles. The van der Waals surface area contributed by atoms with Crippen LogP contribution in [-0.2, 0) is 17.5 Å². The molecule has 112 valence electrons. The van der Waals surface area contributed by atoms with E-state index in [1.54, 1.807) is 6.92 Å². The number of carbonyl (C=O) groups excluding carboxylic acids is 1. The topological polar surface area (TPSA) is 65.2 Å². The molecule has 2 rings (SSSR count). The van der Waals surface area contributed by atoms with Crippen LogP contribution in [0.2, 0.25) is 5.15 Å². The summed E-state index contributed by atoms with van der Waals surface area (Å²) in [6, 6.07) is 0.588. The molecule has 0 amide bonds. The van der Waals surface area contributed by atoms with Gasteiger partial charge in [0.25, 0.3) is 0 Å². The van der Waals surface area contributed by atoms with Gasteiger partial charge in [0.05, 0.1) is 16.8 Å². The molecule has 0 atom stereocenters. The van der Waals surface area contributed by atoms with Crippen LogP contribution >= 0.6 is 11.6 Å². The Kier molecular flexibility index (Phi) is 4.17. The van der Waals surface area contributed by atoms with E-state index in [2.05, 4.69) is 9.97 Å². The summed E-state index contributed by atoms with van der Waals surface area (Å²) in [5, 5.41) is -0.373. The summed E-state index contributed by atoms with van der Waals surface area (Å²) in [6.45, 7) is 1.36. The third-order valence-corrected chi connectivity index (χ3v) is 2.87. The maximum atomic E-state index is 12.6. The molecule has 2 aromatic rings. The minimum absolute atomic E-state index is 0.267. The number of halogens is 4. The molecule has 21 heavy (non-hydrogen) atoms. The molecule has 9 heteroatoms. The summed E-state index contributed by atoms with van der Waals surface area (Å²) < 4.78 is 47.5. The van der Waals surface area contributed by atoms with Crippen LogP contribution in [0.25, 0.3) is 0 Å². The summed E-state index contributed by atoms with van der Waals surface area (Å²) in [5.41, 5.74) is -1.05. The molecule has 2 heterocycles. The first-order valence-electron chi connectivity index (χ1n) is 5.58. The number of esters is 1. The molecular weight excluding hydrogens is 313 g/mol. The fourth-order valence-corrected chi connectivity index (χ4v) is 1.60. The second kappa shape index (κ2) is 5.72. The zero-order valence-corrected chi connectivity index (χ0v) is 11.3. The normalized spacial score (nSPS) is 11.5. The quantitative estimate of drug-likeness (QED) is 0.640. The Hall–Kier alpha value is -2.09.